The van der Waals surface area contributed by atoms with Crippen LogP contribution in [0.4, 0.5) is 23.7 Å². The zero-order valence-electron chi connectivity index (χ0n) is 16.2. The van der Waals surface area contributed by atoms with Crippen LogP contribution in [0.2, 0.25) is 5.02 Å². The zero-order chi connectivity index (χ0) is 21.9. The number of benzene rings is 2. The van der Waals surface area contributed by atoms with Crippen LogP contribution < -0.4 is 10.6 Å². The van der Waals surface area contributed by atoms with Crippen LogP contribution >= 0.6 is 11.6 Å². The second-order valence-electron chi connectivity index (χ2n) is 7.18. The Morgan fingerprint density at radius 1 is 1.23 bits per heavy atom. The van der Waals surface area contributed by atoms with Gasteiger partial charge in [0.15, 0.2) is 0 Å². The minimum Gasteiger partial charge on any atom is -0.340 e. The number of anilines is 1. The summed E-state index contributed by atoms with van der Waals surface area (Å²) in [5.74, 6) is -0.0838. The van der Waals surface area contributed by atoms with Crippen molar-refractivity contribution in [1.29, 1.82) is 0 Å². The van der Waals surface area contributed by atoms with Crippen LogP contribution in [0.15, 0.2) is 42.5 Å². The number of aryl methyl sites for hydroxylation is 1. The number of rotatable bonds is 5. The Kier molecular flexibility index (Phi) is 6.55. The normalized spacial score (nSPS) is 15.2. The number of hydrogen-bond acceptors (Lipinski definition) is 2. The summed E-state index contributed by atoms with van der Waals surface area (Å²) in [6.45, 7) is 2.41. The molecule has 0 spiro atoms. The van der Waals surface area contributed by atoms with Crippen LogP contribution in [0.3, 0.4) is 0 Å². The van der Waals surface area contributed by atoms with Crippen molar-refractivity contribution in [2.45, 2.75) is 32.0 Å². The van der Waals surface area contributed by atoms with Gasteiger partial charge in [-0.3, -0.25) is 4.79 Å². The lowest BCUT2D eigenvalue weighted by Crippen LogP contribution is -2.40. The Balaban J connectivity index is 1.81. The first-order valence-electron chi connectivity index (χ1n) is 9.42. The van der Waals surface area contributed by atoms with E-state index in [2.05, 4.69) is 10.6 Å². The monoisotopic (exact) mass is 439 g/mol. The van der Waals surface area contributed by atoms with E-state index >= 15 is 0 Å². The van der Waals surface area contributed by atoms with E-state index in [4.69, 9.17) is 11.6 Å². The fraction of sp³-hybridized carbons (Fsp3) is 0.333. The molecule has 1 saturated heterocycles. The first-order valence-corrected chi connectivity index (χ1v) is 9.80. The highest BCUT2D eigenvalue weighted by Crippen LogP contribution is 2.31. The first kappa shape index (κ1) is 22.0. The molecule has 30 heavy (non-hydrogen) atoms. The highest BCUT2D eigenvalue weighted by molar-refractivity contribution is 6.31. The molecule has 1 aliphatic heterocycles. The van der Waals surface area contributed by atoms with Crippen LogP contribution in [0, 0.1) is 6.92 Å². The largest absolute Gasteiger partial charge is 0.416 e. The summed E-state index contributed by atoms with van der Waals surface area (Å²) in [6, 6.07) is 8.33. The van der Waals surface area contributed by atoms with Gasteiger partial charge in [0.25, 0.3) is 0 Å². The molecule has 3 amide bonds. The van der Waals surface area contributed by atoms with Crippen LogP contribution in [0.25, 0.3) is 0 Å². The third-order valence-electron chi connectivity index (χ3n) is 4.93. The van der Waals surface area contributed by atoms with Crippen LogP contribution in [0.5, 0.6) is 0 Å². The fourth-order valence-electron chi connectivity index (χ4n) is 3.28. The number of alkyl halides is 3. The summed E-state index contributed by atoms with van der Waals surface area (Å²) in [4.78, 5) is 26.1. The van der Waals surface area contributed by atoms with Gasteiger partial charge in [0.05, 0.1) is 11.6 Å². The third-order valence-corrected chi connectivity index (χ3v) is 5.33. The molecule has 1 fully saturated rings. The summed E-state index contributed by atoms with van der Waals surface area (Å²) in [5.41, 5.74) is 0.743. The van der Waals surface area contributed by atoms with Crippen molar-refractivity contribution in [2.75, 3.05) is 18.4 Å². The highest BCUT2D eigenvalue weighted by atomic mass is 35.5. The van der Waals surface area contributed by atoms with Crippen LogP contribution in [-0.4, -0.2) is 29.9 Å². The predicted octanol–water partition coefficient (Wildman–Crippen LogP) is 5.15. The molecule has 0 aliphatic carbocycles. The number of nitrogens with zero attached hydrogens (tertiary/aromatic N) is 1. The molecule has 0 bridgehead atoms. The summed E-state index contributed by atoms with van der Waals surface area (Å²) in [6.07, 6.45) is -3.43. The smallest absolute Gasteiger partial charge is 0.340 e. The summed E-state index contributed by atoms with van der Waals surface area (Å²) in [5, 5.41) is 5.80. The van der Waals surface area contributed by atoms with Gasteiger partial charge in [0.2, 0.25) is 5.91 Å². The SMILES string of the molecule is Cc1ccc(NC(=O)NC(CN2CCCC2=O)c2cccc(C(F)(F)F)c2)cc1Cl. The van der Waals surface area contributed by atoms with Crippen LogP contribution in [-0.2, 0) is 11.0 Å². The van der Waals surface area contributed by atoms with Crippen molar-refractivity contribution in [3.8, 4) is 0 Å². The van der Waals surface area contributed by atoms with E-state index in [0.29, 0.717) is 30.1 Å². The van der Waals surface area contributed by atoms with Crippen LogP contribution in [0.1, 0.15) is 35.6 Å². The molecule has 1 heterocycles. The lowest BCUT2D eigenvalue weighted by Gasteiger charge is -2.26. The number of hydrogen-bond donors (Lipinski definition) is 2. The molecule has 1 atom stereocenters. The Labute approximate surface area is 177 Å². The van der Waals surface area contributed by atoms with E-state index in [1.54, 1.807) is 23.1 Å². The molecular formula is C21H21ClF3N3O2. The molecule has 2 aromatic carbocycles. The Morgan fingerprint density at radius 2 is 2.00 bits per heavy atom. The van der Waals surface area contributed by atoms with Crippen molar-refractivity contribution >= 4 is 29.2 Å². The van der Waals surface area contributed by atoms with E-state index < -0.39 is 23.8 Å². The molecule has 0 radical (unpaired) electrons. The quantitative estimate of drug-likeness (QED) is 0.676. The average molecular weight is 440 g/mol. The third kappa shape index (κ3) is 5.44. The van der Waals surface area contributed by atoms with Gasteiger partial charge in [-0.15, -0.1) is 0 Å². The number of carbonyl (C=O) groups excluding carboxylic acids is 2. The van der Waals surface area contributed by atoms with E-state index in [1.165, 1.54) is 12.1 Å². The van der Waals surface area contributed by atoms with E-state index in [9.17, 15) is 22.8 Å². The molecule has 2 aromatic rings. The lowest BCUT2D eigenvalue weighted by molar-refractivity contribution is -0.137. The van der Waals surface area contributed by atoms with Crippen molar-refractivity contribution in [2.24, 2.45) is 0 Å². The van der Waals surface area contributed by atoms with E-state index in [-0.39, 0.29) is 18.0 Å². The van der Waals surface area contributed by atoms with Gasteiger partial charge in [0.1, 0.15) is 0 Å². The molecule has 2 N–H and O–H groups in total. The van der Waals surface area contributed by atoms with Gasteiger partial charge in [-0.25, -0.2) is 4.79 Å². The molecule has 5 nitrogen and oxygen atoms in total. The maximum absolute atomic E-state index is 13.1. The van der Waals surface area contributed by atoms with Gasteiger partial charge in [-0.05, 0) is 48.7 Å². The molecule has 160 valence electrons. The fourth-order valence-corrected chi connectivity index (χ4v) is 3.46. The second-order valence-corrected chi connectivity index (χ2v) is 7.59. The molecule has 1 aliphatic rings. The number of amides is 3. The average Bonchev–Trinajstić information content (AvgIpc) is 3.08. The van der Waals surface area contributed by atoms with Gasteiger partial charge in [-0.2, -0.15) is 13.2 Å². The van der Waals surface area contributed by atoms with Gasteiger partial charge in [-0.1, -0.05) is 29.8 Å². The molecule has 9 heteroatoms. The van der Waals surface area contributed by atoms with E-state index in [0.717, 1.165) is 17.7 Å². The van der Waals surface area contributed by atoms with Gasteiger partial charge >= 0.3 is 12.2 Å². The summed E-state index contributed by atoms with van der Waals surface area (Å²) in [7, 11) is 0. The summed E-state index contributed by atoms with van der Waals surface area (Å²) < 4.78 is 39.4. The highest BCUT2D eigenvalue weighted by Gasteiger charge is 2.32. The Hall–Kier alpha value is -2.74. The van der Waals surface area contributed by atoms with Gasteiger partial charge < -0.3 is 15.5 Å². The molecule has 1 unspecified atom stereocenters. The van der Waals surface area contributed by atoms with Gasteiger partial charge in [0, 0.05) is 30.2 Å². The maximum atomic E-state index is 13.1. The molecule has 3 rings (SSSR count). The lowest BCUT2D eigenvalue weighted by atomic mass is 10.0. The molecule has 0 aromatic heterocycles. The second kappa shape index (κ2) is 8.95. The number of likely N-dealkylation sites (tertiary alicyclic amines) is 1. The zero-order valence-corrected chi connectivity index (χ0v) is 17.0. The van der Waals surface area contributed by atoms with Crippen molar-refractivity contribution in [3.05, 3.63) is 64.2 Å². The van der Waals surface area contributed by atoms with E-state index in [1.807, 2.05) is 6.92 Å². The topological polar surface area (TPSA) is 61.4 Å². The first-order chi connectivity index (χ1) is 14.1. The predicted molar refractivity (Wildman–Crippen MR) is 108 cm³/mol. The minimum atomic E-state index is -4.51. The minimum absolute atomic E-state index is 0.0838. The Morgan fingerprint density at radius 3 is 2.63 bits per heavy atom. The summed E-state index contributed by atoms with van der Waals surface area (Å²) >= 11 is 6.07. The Bertz CT molecular complexity index is 949. The number of nitrogens with one attached hydrogen (secondary N) is 2. The van der Waals surface area contributed by atoms with Crippen molar-refractivity contribution < 1.29 is 22.8 Å². The molecular weight excluding hydrogens is 419 g/mol. The number of halogens is 4. The van der Waals surface area contributed by atoms with Crippen molar-refractivity contribution in [3.63, 3.8) is 0 Å². The number of carbonyl (C=O) groups is 2. The standard InChI is InChI=1S/C21H21ClF3N3O2/c1-13-7-8-16(11-17(13)22)26-20(30)27-18(12-28-9-3-6-19(28)29)14-4-2-5-15(10-14)21(23,24)25/h2,4-5,7-8,10-11,18H,3,6,9,12H2,1H3,(H2,26,27,30). The molecule has 0 saturated carbocycles. The van der Waals surface area contributed by atoms with Crippen molar-refractivity contribution in [1.82, 2.24) is 10.2 Å². The maximum Gasteiger partial charge on any atom is 0.416 e. The number of urea groups is 1.